The Labute approximate surface area is 169 Å². The molecule has 8 nitrogen and oxygen atoms in total. The van der Waals surface area contributed by atoms with Crippen LogP contribution in [-0.2, 0) is 19.3 Å². The molecule has 1 aromatic carbocycles. The molecule has 3 aromatic rings. The van der Waals surface area contributed by atoms with Gasteiger partial charge in [0.05, 0.1) is 6.54 Å². The molecular formula is C19H18F3N7O. The van der Waals surface area contributed by atoms with E-state index in [9.17, 15) is 18.0 Å². The lowest BCUT2D eigenvalue weighted by Gasteiger charge is -2.28. The lowest BCUT2D eigenvalue weighted by Crippen LogP contribution is -2.39. The third-order valence-corrected chi connectivity index (χ3v) is 4.64. The number of halogens is 3. The van der Waals surface area contributed by atoms with Gasteiger partial charge < -0.3 is 14.8 Å². The first kappa shape index (κ1) is 19.8. The van der Waals surface area contributed by atoms with Crippen LogP contribution in [0.1, 0.15) is 33.4 Å². The summed E-state index contributed by atoms with van der Waals surface area (Å²) in [5.41, 5.74) is 2.65. The van der Waals surface area contributed by atoms with Gasteiger partial charge in [0.2, 0.25) is 11.8 Å². The quantitative estimate of drug-likeness (QED) is 0.705. The second-order valence-corrected chi connectivity index (χ2v) is 7.00. The minimum atomic E-state index is -4.58. The number of hydrogen-bond acceptors (Lipinski definition) is 6. The predicted molar refractivity (Wildman–Crippen MR) is 101 cm³/mol. The molecule has 2 aromatic heterocycles. The molecule has 156 valence electrons. The van der Waals surface area contributed by atoms with Gasteiger partial charge in [0.15, 0.2) is 5.82 Å². The third-order valence-electron chi connectivity index (χ3n) is 4.64. The Bertz CT molecular complexity index is 1090. The van der Waals surface area contributed by atoms with E-state index < -0.39 is 12.0 Å². The Morgan fingerprint density at radius 2 is 1.80 bits per heavy atom. The minimum Gasteiger partial charge on any atom is -0.329 e. The van der Waals surface area contributed by atoms with Crippen LogP contribution in [0.4, 0.5) is 24.8 Å². The summed E-state index contributed by atoms with van der Waals surface area (Å²) in [5.74, 6) is -0.810. The Morgan fingerprint density at radius 3 is 2.50 bits per heavy atom. The van der Waals surface area contributed by atoms with E-state index in [1.54, 1.807) is 24.3 Å². The number of carbonyl (C=O) groups is 1. The van der Waals surface area contributed by atoms with Gasteiger partial charge in [-0.15, -0.1) is 10.2 Å². The van der Waals surface area contributed by atoms with Crippen molar-refractivity contribution in [1.82, 2.24) is 29.6 Å². The molecule has 0 unspecified atom stereocenters. The van der Waals surface area contributed by atoms with Crippen LogP contribution in [0, 0.1) is 13.8 Å². The highest BCUT2D eigenvalue weighted by Gasteiger charge is 2.40. The summed E-state index contributed by atoms with van der Waals surface area (Å²) in [6, 6.07) is 8.65. The molecule has 0 bridgehead atoms. The number of benzene rings is 1. The van der Waals surface area contributed by atoms with Crippen molar-refractivity contribution in [2.75, 3.05) is 11.9 Å². The fourth-order valence-corrected chi connectivity index (χ4v) is 3.36. The van der Waals surface area contributed by atoms with Crippen LogP contribution in [0.2, 0.25) is 0 Å². The van der Waals surface area contributed by atoms with E-state index >= 15 is 0 Å². The van der Waals surface area contributed by atoms with Gasteiger partial charge >= 0.3 is 6.18 Å². The summed E-state index contributed by atoms with van der Waals surface area (Å²) in [4.78, 5) is 23.0. The fraction of sp³-hybridized carbons (Fsp3) is 0.316. The van der Waals surface area contributed by atoms with E-state index in [2.05, 4.69) is 25.5 Å². The molecule has 4 rings (SSSR count). The molecular weight excluding hydrogens is 399 g/mol. The molecule has 0 saturated heterocycles. The summed E-state index contributed by atoms with van der Waals surface area (Å²) in [7, 11) is 0. The average Bonchev–Trinajstić information content (AvgIpc) is 3.10. The first-order valence-electron chi connectivity index (χ1n) is 9.18. The molecule has 1 aliphatic rings. The molecule has 1 aliphatic heterocycles. The zero-order valence-electron chi connectivity index (χ0n) is 16.2. The van der Waals surface area contributed by atoms with Crippen molar-refractivity contribution in [3.8, 4) is 0 Å². The highest BCUT2D eigenvalue weighted by atomic mass is 19.4. The Kier molecular flexibility index (Phi) is 4.88. The molecule has 1 amide bonds. The molecule has 3 heterocycles. The second-order valence-electron chi connectivity index (χ2n) is 7.00. The monoisotopic (exact) mass is 417 g/mol. The smallest absolute Gasteiger partial charge is 0.329 e. The van der Waals surface area contributed by atoms with Crippen LogP contribution >= 0.6 is 0 Å². The maximum absolute atomic E-state index is 13.0. The van der Waals surface area contributed by atoms with Crippen molar-refractivity contribution in [3.63, 3.8) is 0 Å². The lowest BCUT2D eigenvalue weighted by molar-refractivity contribution is -0.147. The molecule has 0 aliphatic carbocycles. The van der Waals surface area contributed by atoms with Crippen LogP contribution in [0.25, 0.3) is 0 Å². The highest BCUT2D eigenvalue weighted by molar-refractivity contribution is 5.95. The van der Waals surface area contributed by atoms with Crippen molar-refractivity contribution < 1.29 is 18.0 Å². The largest absolute Gasteiger partial charge is 0.451 e. The molecule has 30 heavy (non-hydrogen) atoms. The molecule has 0 spiro atoms. The maximum atomic E-state index is 13.0. The van der Waals surface area contributed by atoms with Crippen molar-refractivity contribution >= 4 is 17.5 Å². The van der Waals surface area contributed by atoms with Gasteiger partial charge in [-0.2, -0.15) is 13.2 Å². The van der Waals surface area contributed by atoms with Gasteiger partial charge in [-0.05, 0) is 38.1 Å². The molecule has 0 fully saturated rings. The Morgan fingerprint density at radius 1 is 1.07 bits per heavy atom. The third kappa shape index (κ3) is 3.95. The SMILES string of the molecule is Cc1cc(C)nc(Nc2cccc(C(=O)N3CCn4c(nnc4C(F)(F)F)C3)c2)n1. The number of nitrogens with one attached hydrogen (secondary N) is 1. The zero-order valence-corrected chi connectivity index (χ0v) is 16.2. The second kappa shape index (κ2) is 7.39. The van der Waals surface area contributed by atoms with E-state index in [-0.39, 0.29) is 31.4 Å². The summed E-state index contributed by atoms with van der Waals surface area (Å²) in [6.45, 7) is 3.79. The van der Waals surface area contributed by atoms with Crippen LogP contribution in [0.15, 0.2) is 30.3 Å². The molecule has 1 N–H and O–H groups in total. The van der Waals surface area contributed by atoms with Crippen LogP contribution in [0.5, 0.6) is 0 Å². The highest BCUT2D eigenvalue weighted by Crippen LogP contribution is 2.29. The van der Waals surface area contributed by atoms with E-state index in [1.807, 2.05) is 19.9 Å². The molecule has 11 heteroatoms. The molecule has 0 radical (unpaired) electrons. The Balaban J connectivity index is 1.52. The lowest BCUT2D eigenvalue weighted by atomic mass is 10.1. The van der Waals surface area contributed by atoms with E-state index in [4.69, 9.17) is 0 Å². The van der Waals surface area contributed by atoms with Gasteiger partial charge in [0, 0.05) is 35.7 Å². The van der Waals surface area contributed by atoms with E-state index in [1.165, 1.54) is 4.90 Å². The van der Waals surface area contributed by atoms with Crippen LogP contribution in [-0.4, -0.2) is 42.1 Å². The zero-order chi connectivity index (χ0) is 21.5. The minimum absolute atomic E-state index is 0.0166. The number of fused-ring (bicyclic) bond motifs is 1. The van der Waals surface area contributed by atoms with Gasteiger partial charge in [-0.3, -0.25) is 4.79 Å². The van der Waals surface area contributed by atoms with Gasteiger partial charge in [0.25, 0.3) is 5.91 Å². The normalized spacial score (nSPS) is 13.8. The number of alkyl halides is 3. The topological polar surface area (TPSA) is 88.8 Å². The van der Waals surface area contributed by atoms with Crippen molar-refractivity contribution in [3.05, 3.63) is 58.9 Å². The number of amides is 1. The molecule has 0 atom stereocenters. The summed E-state index contributed by atoms with van der Waals surface area (Å²) in [6.07, 6.45) is -4.58. The summed E-state index contributed by atoms with van der Waals surface area (Å²) < 4.78 is 40.0. The van der Waals surface area contributed by atoms with Gasteiger partial charge in [-0.25, -0.2) is 9.97 Å². The molecule has 0 saturated carbocycles. The number of carbonyl (C=O) groups excluding carboxylic acids is 1. The Hall–Kier alpha value is -3.50. The van der Waals surface area contributed by atoms with E-state index in [0.29, 0.717) is 17.2 Å². The maximum Gasteiger partial charge on any atom is 0.451 e. The van der Waals surface area contributed by atoms with Crippen molar-refractivity contribution in [2.24, 2.45) is 0 Å². The average molecular weight is 417 g/mol. The van der Waals surface area contributed by atoms with Crippen LogP contribution in [0.3, 0.4) is 0 Å². The number of anilines is 2. The number of aromatic nitrogens is 5. The van der Waals surface area contributed by atoms with Crippen molar-refractivity contribution in [2.45, 2.75) is 33.1 Å². The summed E-state index contributed by atoms with van der Waals surface area (Å²) in [5, 5.41) is 9.92. The number of aryl methyl sites for hydroxylation is 2. The van der Waals surface area contributed by atoms with E-state index in [0.717, 1.165) is 16.0 Å². The standard InChI is InChI=1S/C19H18F3N7O/c1-11-8-12(2)24-18(23-11)25-14-5-3-4-13(9-14)16(30)28-6-7-29-15(10-28)26-27-17(29)19(20,21)22/h3-5,8-9H,6-7,10H2,1-2H3,(H,23,24,25). The first-order valence-corrected chi connectivity index (χ1v) is 9.18. The number of rotatable bonds is 3. The van der Waals surface area contributed by atoms with Gasteiger partial charge in [-0.1, -0.05) is 6.07 Å². The number of hydrogen-bond donors (Lipinski definition) is 1. The first-order chi connectivity index (χ1) is 14.2. The predicted octanol–water partition coefficient (Wildman–Crippen LogP) is 3.10. The van der Waals surface area contributed by atoms with Gasteiger partial charge in [0.1, 0.15) is 0 Å². The fourth-order valence-electron chi connectivity index (χ4n) is 3.36. The van der Waals surface area contributed by atoms with Crippen molar-refractivity contribution in [1.29, 1.82) is 0 Å². The van der Waals surface area contributed by atoms with Crippen LogP contribution < -0.4 is 5.32 Å². The number of nitrogens with zero attached hydrogens (tertiary/aromatic N) is 6. The summed E-state index contributed by atoms with van der Waals surface area (Å²) >= 11 is 0.